The molecule has 2 rings (SSSR count). The van der Waals surface area contributed by atoms with Crippen molar-refractivity contribution < 1.29 is 4.79 Å². The van der Waals surface area contributed by atoms with Crippen LogP contribution in [0.15, 0.2) is 28.7 Å². The lowest BCUT2D eigenvalue weighted by molar-refractivity contribution is -0.115. The second-order valence-electron chi connectivity index (χ2n) is 5.72. The number of benzene rings is 1. The van der Waals surface area contributed by atoms with Gasteiger partial charge in [0.1, 0.15) is 0 Å². The summed E-state index contributed by atoms with van der Waals surface area (Å²) in [6.45, 7) is 2.71. The number of carbonyl (C=O) groups excluding carboxylic acids is 1. The normalized spacial score (nSPS) is 23.1. The molecule has 0 heterocycles. The molecule has 20 heavy (non-hydrogen) atoms. The van der Waals surface area contributed by atoms with Crippen molar-refractivity contribution in [1.82, 2.24) is 5.32 Å². The van der Waals surface area contributed by atoms with Crippen LogP contribution >= 0.6 is 15.9 Å². The molecule has 1 fully saturated rings. The highest BCUT2D eigenvalue weighted by Gasteiger charge is 2.16. The molecule has 3 nitrogen and oxygen atoms in total. The fraction of sp³-hybridized carbons (Fsp3) is 0.562. The van der Waals surface area contributed by atoms with Gasteiger partial charge in [0.05, 0.1) is 12.2 Å². The average Bonchev–Trinajstić information content (AvgIpc) is 2.64. The third kappa shape index (κ3) is 4.91. The number of para-hydroxylation sites is 1. The van der Waals surface area contributed by atoms with E-state index in [0.717, 1.165) is 16.1 Å². The third-order valence-electron chi connectivity index (χ3n) is 3.96. The van der Waals surface area contributed by atoms with Gasteiger partial charge >= 0.3 is 0 Å². The monoisotopic (exact) mass is 338 g/mol. The smallest absolute Gasteiger partial charge is 0.238 e. The zero-order valence-corrected chi connectivity index (χ0v) is 13.6. The first-order valence-corrected chi connectivity index (χ1v) is 8.22. The number of hydrogen-bond donors (Lipinski definition) is 2. The standard InChI is InChI=1S/C16H23BrN2O/c1-12-5-4-6-13(10-9-12)18-11-16(20)19-15-8-3-2-7-14(15)17/h2-3,7-8,12-13,18H,4-6,9-11H2,1H3,(H,19,20). The topological polar surface area (TPSA) is 41.1 Å². The Hall–Kier alpha value is -0.870. The Morgan fingerprint density at radius 3 is 2.85 bits per heavy atom. The molecule has 1 amide bonds. The Balaban J connectivity index is 1.76. The number of halogens is 1. The number of anilines is 1. The molecule has 110 valence electrons. The Labute approximate surface area is 129 Å². The largest absolute Gasteiger partial charge is 0.324 e. The molecule has 2 atom stereocenters. The molecular weight excluding hydrogens is 316 g/mol. The van der Waals surface area contributed by atoms with Crippen LogP contribution in [0, 0.1) is 5.92 Å². The zero-order valence-electron chi connectivity index (χ0n) is 12.0. The molecule has 1 aliphatic rings. The maximum absolute atomic E-state index is 12.0. The van der Waals surface area contributed by atoms with E-state index < -0.39 is 0 Å². The fourth-order valence-electron chi connectivity index (χ4n) is 2.69. The van der Waals surface area contributed by atoms with Crippen molar-refractivity contribution in [2.24, 2.45) is 5.92 Å². The molecule has 2 N–H and O–H groups in total. The molecule has 2 unspecified atom stereocenters. The minimum atomic E-state index is 0.0224. The molecule has 0 aliphatic heterocycles. The average molecular weight is 339 g/mol. The minimum Gasteiger partial charge on any atom is -0.324 e. The van der Waals surface area contributed by atoms with Crippen LogP contribution in [0.25, 0.3) is 0 Å². The highest BCUT2D eigenvalue weighted by Crippen LogP contribution is 2.23. The Bertz CT molecular complexity index is 450. The van der Waals surface area contributed by atoms with Crippen LogP contribution in [0.2, 0.25) is 0 Å². The Morgan fingerprint density at radius 2 is 2.05 bits per heavy atom. The first-order valence-electron chi connectivity index (χ1n) is 7.43. The van der Waals surface area contributed by atoms with Gasteiger partial charge in [0.2, 0.25) is 5.91 Å². The van der Waals surface area contributed by atoms with Crippen molar-refractivity contribution in [3.63, 3.8) is 0 Å². The van der Waals surface area contributed by atoms with Gasteiger partial charge in [-0.05, 0) is 53.2 Å². The summed E-state index contributed by atoms with van der Waals surface area (Å²) in [5.41, 5.74) is 0.828. The molecule has 0 bridgehead atoms. The summed E-state index contributed by atoms with van der Waals surface area (Å²) in [6, 6.07) is 8.17. The van der Waals surface area contributed by atoms with Crippen LogP contribution < -0.4 is 10.6 Å². The minimum absolute atomic E-state index is 0.0224. The summed E-state index contributed by atoms with van der Waals surface area (Å²) < 4.78 is 0.914. The quantitative estimate of drug-likeness (QED) is 0.816. The highest BCUT2D eigenvalue weighted by molar-refractivity contribution is 9.10. The molecule has 0 aromatic heterocycles. The van der Waals surface area contributed by atoms with Gasteiger partial charge in [-0.3, -0.25) is 4.79 Å². The van der Waals surface area contributed by atoms with Crippen molar-refractivity contribution in [3.8, 4) is 0 Å². The SMILES string of the molecule is CC1CCCC(NCC(=O)Nc2ccccc2Br)CC1. The van der Waals surface area contributed by atoms with Crippen LogP contribution in [0.3, 0.4) is 0 Å². The number of hydrogen-bond acceptors (Lipinski definition) is 2. The second-order valence-corrected chi connectivity index (χ2v) is 6.57. The van der Waals surface area contributed by atoms with Gasteiger partial charge in [-0.25, -0.2) is 0 Å². The van der Waals surface area contributed by atoms with Crippen molar-refractivity contribution in [2.75, 3.05) is 11.9 Å². The molecule has 1 aliphatic carbocycles. The number of carbonyl (C=O) groups is 1. The lowest BCUT2D eigenvalue weighted by atomic mass is 10.0. The van der Waals surface area contributed by atoms with Crippen molar-refractivity contribution in [2.45, 2.75) is 45.1 Å². The molecule has 1 saturated carbocycles. The lowest BCUT2D eigenvalue weighted by Crippen LogP contribution is -2.35. The van der Waals surface area contributed by atoms with Crippen molar-refractivity contribution in [1.29, 1.82) is 0 Å². The summed E-state index contributed by atoms with van der Waals surface area (Å²) in [6.07, 6.45) is 6.23. The van der Waals surface area contributed by atoms with E-state index in [0.29, 0.717) is 12.6 Å². The maximum Gasteiger partial charge on any atom is 0.238 e. The Kier molecular flexibility index (Phi) is 6.05. The van der Waals surface area contributed by atoms with Crippen molar-refractivity contribution in [3.05, 3.63) is 28.7 Å². The summed E-state index contributed by atoms with van der Waals surface area (Å²) in [4.78, 5) is 12.0. The lowest BCUT2D eigenvalue weighted by Gasteiger charge is -2.16. The van der Waals surface area contributed by atoms with Gasteiger partial charge in [0.15, 0.2) is 0 Å². The molecule has 0 saturated heterocycles. The first kappa shape index (κ1) is 15.5. The van der Waals surface area contributed by atoms with Gasteiger partial charge in [-0.1, -0.05) is 31.9 Å². The van der Waals surface area contributed by atoms with E-state index in [1.165, 1.54) is 32.1 Å². The molecule has 1 aromatic carbocycles. The van der Waals surface area contributed by atoms with Gasteiger partial charge in [0, 0.05) is 10.5 Å². The first-order chi connectivity index (χ1) is 9.65. The predicted octanol–water partition coefficient (Wildman–Crippen LogP) is 3.95. The molecule has 4 heteroatoms. The predicted molar refractivity (Wildman–Crippen MR) is 86.8 cm³/mol. The molecular formula is C16H23BrN2O. The van der Waals surface area contributed by atoms with E-state index in [-0.39, 0.29) is 5.91 Å². The summed E-state index contributed by atoms with van der Waals surface area (Å²) >= 11 is 3.43. The number of rotatable bonds is 4. The second kappa shape index (κ2) is 7.79. The van der Waals surface area contributed by atoms with E-state index in [9.17, 15) is 4.79 Å². The Morgan fingerprint density at radius 1 is 1.25 bits per heavy atom. The van der Waals surface area contributed by atoms with Crippen LogP contribution in [-0.2, 0) is 4.79 Å². The van der Waals surface area contributed by atoms with Crippen LogP contribution in [0.4, 0.5) is 5.69 Å². The van der Waals surface area contributed by atoms with Gasteiger partial charge in [0.25, 0.3) is 0 Å². The maximum atomic E-state index is 12.0. The number of amides is 1. The molecule has 0 spiro atoms. The van der Waals surface area contributed by atoms with E-state index >= 15 is 0 Å². The van der Waals surface area contributed by atoms with Gasteiger partial charge < -0.3 is 10.6 Å². The van der Waals surface area contributed by atoms with E-state index in [2.05, 4.69) is 33.5 Å². The number of nitrogens with one attached hydrogen (secondary N) is 2. The van der Waals surface area contributed by atoms with Crippen LogP contribution in [-0.4, -0.2) is 18.5 Å². The summed E-state index contributed by atoms with van der Waals surface area (Å²) in [7, 11) is 0. The zero-order chi connectivity index (χ0) is 14.4. The molecule has 0 radical (unpaired) electrons. The summed E-state index contributed by atoms with van der Waals surface area (Å²) in [5, 5.41) is 6.32. The highest BCUT2D eigenvalue weighted by atomic mass is 79.9. The van der Waals surface area contributed by atoms with Gasteiger partial charge in [-0.2, -0.15) is 0 Å². The summed E-state index contributed by atoms with van der Waals surface area (Å²) in [5.74, 6) is 0.852. The van der Waals surface area contributed by atoms with Gasteiger partial charge in [-0.15, -0.1) is 0 Å². The van der Waals surface area contributed by atoms with E-state index in [4.69, 9.17) is 0 Å². The fourth-order valence-corrected chi connectivity index (χ4v) is 3.07. The third-order valence-corrected chi connectivity index (χ3v) is 4.65. The van der Waals surface area contributed by atoms with E-state index in [1.54, 1.807) is 0 Å². The van der Waals surface area contributed by atoms with Crippen LogP contribution in [0.5, 0.6) is 0 Å². The molecule has 1 aromatic rings. The van der Waals surface area contributed by atoms with E-state index in [1.807, 2.05) is 24.3 Å². The van der Waals surface area contributed by atoms with Crippen LogP contribution in [0.1, 0.15) is 39.0 Å². The van der Waals surface area contributed by atoms with Crippen molar-refractivity contribution >= 4 is 27.5 Å².